The molecule has 2 aromatic heterocycles. The number of unbranched alkanes of at least 4 members (excludes halogenated alkanes) is 1. The number of hydrogen-bond donors (Lipinski definition) is 14. The number of carbonyl (C=O) groups is 11. The van der Waals surface area contributed by atoms with Gasteiger partial charge in [0.15, 0.2) is 0 Å². The summed E-state index contributed by atoms with van der Waals surface area (Å²) >= 11 is 2.82. The number of aromatic nitrogens is 3. The minimum absolute atomic E-state index is 0.0503. The first-order chi connectivity index (χ1) is 43.1. The van der Waals surface area contributed by atoms with Crippen LogP contribution in [0.4, 0.5) is 4.39 Å². The second-order valence-corrected chi connectivity index (χ2v) is 24.0. The average Bonchev–Trinajstić information content (AvgIpc) is 2.41. The number of imidazole rings is 1. The first-order valence-corrected chi connectivity index (χ1v) is 31.6. The normalized spacial score (nSPS) is 23.1. The number of rotatable bonds is 13. The molecule has 2 aliphatic heterocycles. The lowest BCUT2D eigenvalue weighted by atomic mass is 10.0. The standard InChI is InChI=1S/C60H75FN14O13S2/c1-33-54(82)70-44(22-37-26-65-42-15-12-38(61)23-41(37)42)56(84)72-46(25-52(79)80)58(86)71-45(24-39-27-64-32-67-39)57(85)73-47(21-34-10-13-40(76)14-11-34)60(88)75-18-5-9-49(75)59(87)74-48(53(63)81)31-90-30-36-7-4-6-35(20-36)29-89-19-16-50(77)69-43(8-2-3-17-62)55(83)66-28-51(78)68-33/h4,6-7,10-15,20,23,26-27,32-33,43-49,65,76H,2-3,5,8-9,16-19,21-22,24-25,28-31,62H2,1H3,(H2,63,81)(H,64,67)(H,66,83)(H,68,78)(H,69,77)(H,70,82)(H,71,86)(H,72,84)(H,73,85)(H,74,87)(H,79,80)/t33-,43-,44-,45-,46-,47-,48-,49-/m0/s1. The van der Waals surface area contributed by atoms with Crippen molar-refractivity contribution in [3.63, 3.8) is 0 Å². The fraction of sp³-hybridized carbons (Fsp3) is 0.433. The Labute approximate surface area is 525 Å². The van der Waals surface area contributed by atoms with Gasteiger partial charge in [0.05, 0.1) is 19.3 Å². The number of amides is 10. The fourth-order valence-corrected chi connectivity index (χ4v) is 12.1. The number of carboxylic acids is 1. The van der Waals surface area contributed by atoms with Crippen LogP contribution in [0.5, 0.6) is 5.75 Å². The molecule has 0 radical (unpaired) electrons. The number of primary amides is 1. The molecule has 10 amide bonds. The maximum absolute atomic E-state index is 14.9. The molecule has 0 unspecified atom stereocenters. The van der Waals surface area contributed by atoms with Crippen LogP contribution < -0.4 is 54.0 Å². The van der Waals surface area contributed by atoms with E-state index in [0.717, 1.165) is 11.1 Å². The zero-order chi connectivity index (χ0) is 64.9. The van der Waals surface area contributed by atoms with Crippen LogP contribution in [0.3, 0.4) is 0 Å². The van der Waals surface area contributed by atoms with E-state index in [2.05, 4.69) is 57.5 Å². The lowest BCUT2D eigenvalue weighted by Gasteiger charge is -2.31. The first-order valence-electron chi connectivity index (χ1n) is 29.3. The number of benzene rings is 3. The van der Waals surface area contributed by atoms with Crippen LogP contribution in [-0.4, -0.2) is 175 Å². The molecule has 2 bridgehead atoms. The second kappa shape index (κ2) is 33.5. The van der Waals surface area contributed by atoms with E-state index < -0.39 is 139 Å². The number of fused-ring (bicyclic) bond motifs is 4. The molecule has 0 saturated carbocycles. The number of aromatic amines is 2. The number of phenolic OH excluding ortho intramolecular Hbond substituents is 1. The maximum Gasteiger partial charge on any atom is 0.305 e. The van der Waals surface area contributed by atoms with E-state index in [-0.39, 0.29) is 55.8 Å². The summed E-state index contributed by atoms with van der Waals surface area (Å²) in [5.41, 5.74) is 14.9. The van der Waals surface area contributed by atoms with Gasteiger partial charge in [0.2, 0.25) is 59.1 Å². The molecule has 1 saturated heterocycles. The van der Waals surface area contributed by atoms with Gasteiger partial charge in [-0.05, 0) is 98.2 Å². The van der Waals surface area contributed by atoms with Crippen molar-refractivity contribution in [2.24, 2.45) is 11.5 Å². The molecule has 482 valence electrons. The number of aromatic hydroxyl groups is 1. The lowest BCUT2D eigenvalue weighted by Crippen LogP contribution is -2.61. The zero-order valence-electron chi connectivity index (χ0n) is 49.4. The molecule has 1 fully saturated rings. The van der Waals surface area contributed by atoms with Crippen molar-refractivity contribution < 1.29 is 67.3 Å². The van der Waals surface area contributed by atoms with E-state index in [0.29, 0.717) is 65.1 Å². The highest BCUT2D eigenvalue weighted by Crippen LogP contribution is 2.24. The van der Waals surface area contributed by atoms with Crippen molar-refractivity contribution in [2.75, 3.05) is 31.1 Å². The van der Waals surface area contributed by atoms with E-state index in [1.165, 1.54) is 96.5 Å². The van der Waals surface area contributed by atoms with Gasteiger partial charge in [-0.3, -0.25) is 52.7 Å². The minimum atomic E-state index is -1.97. The molecule has 0 aliphatic carbocycles. The predicted molar refractivity (Wildman–Crippen MR) is 331 cm³/mol. The van der Waals surface area contributed by atoms with E-state index in [9.17, 15) is 67.3 Å². The molecular formula is C60H75FN14O13S2. The SMILES string of the molecule is C[C@@H]1NC(=O)CNC(=O)[C@H](CCCCN)NC(=O)CCSCc2cccc(c2)CSC[C@@H](C(N)=O)NC(=O)[C@@H]2CCCN2C(=O)[C@H](Cc2ccc(O)cc2)NC(=O)[C@H](Cc2cnc[nH]2)NC(=O)[C@H](CC(=O)O)NC(=O)[C@H](Cc2c[nH]c3ccc(F)cc23)NC1=O. The maximum atomic E-state index is 14.9. The van der Waals surface area contributed by atoms with Gasteiger partial charge in [-0.2, -0.15) is 23.5 Å². The largest absolute Gasteiger partial charge is 0.508 e. The lowest BCUT2D eigenvalue weighted by molar-refractivity contribution is -0.143. The van der Waals surface area contributed by atoms with Gasteiger partial charge in [-0.1, -0.05) is 36.4 Å². The van der Waals surface area contributed by atoms with Gasteiger partial charge >= 0.3 is 5.97 Å². The molecule has 5 aromatic rings. The van der Waals surface area contributed by atoms with Crippen molar-refractivity contribution in [1.82, 2.24) is 62.4 Å². The Morgan fingerprint density at radius 1 is 0.722 bits per heavy atom. The molecule has 90 heavy (non-hydrogen) atoms. The van der Waals surface area contributed by atoms with Crippen molar-refractivity contribution in [3.8, 4) is 5.75 Å². The summed E-state index contributed by atoms with van der Waals surface area (Å²) < 4.78 is 14.7. The van der Waals surface area contributed by atoms with E-state index in [4.69, 9.17) is 11.5 Å². The Balaban J connectivity index is 1.19. The quantitative estimate of drug-likeness (QED) is 0.0687. The van der Waals surface area contributed by atoms with Crippen LogP contribution in [0.25, 0.3) is 10.9 Å². The van der Waals surface area contributed by atoms with Gasteiger partial charge in [-0.15, -0.1) is 0 Å². The third-order valence-corrected chi connectivity index (χ3v) is 17.1. The number of carbonyl (C=O) groups excluding carboxylic acids is 10. The summed E-state index contributed by atoms with van der Waals surface area (Å²) in [4.78, 5) is 163. The average molecular weight is 1280 g/mol. The summed E-state index contributed by atoms with van der Waals surface area (Å²) in [5, 5.41) is 41.1. The highest BCUT2D eigenvalue weighted by molar-refractivity contribution is 7.98. The molecule has 0 spiro atoms. The molecule has 2 aliphatic rings. The van der Waals surface area contributed by atoms with Crippen LogP contribution in [0.1, 0.15) is 79.8 Å². The van der Waals surface area contributed by atoms with Crippen molar-refractivity contribution in [3.05, 3.63) is 119 Å². The number of thioether (sulfide) groups is 2. The Morgan fingerprint density at radius 3 is 2.11 bits per heavy atom. The number of aliphatic carboxylic acids is 1. The topological polar surface area (TPSA) is 424 Å². The summed E-state index contributed by atoms with van der Waals surface area (Å²) in [6, 6.07) is 5.77. The first kappa shape index (κ1) is 68.5. The van der Waals surface area contributed by atoms with Crippen LogP contribution in [-0.2, 0) is 83.5 Å². The van der Waals surface area contributed by atoms with Gasteiger partial charge in [-0.25, -0.2) is 9.37 Å². The molecule has 8 atom stereocenters. The van der Waals surface area contributed by atoms with Crippen molar-refractivity contribution in [2.45, 2.75) is 131 Å². The van der Waals surface area contributed by atoms with Crippen LogP contribution in [0.2, 0.25) is 0 Å². The van der Waals surface area contributed by atoms with Crippen LogP contribution >= 0.6 is 23.5 Å². The molecule has 27 nitrogen and oxygen atoms in total. The number of H-pyrrole nitrogens is 2. The smallest absolute Gasteiger partial charge is 0.305 e. The third kappa shape index (κ3) is 20.5. The highest BCUT2D eigenvalue weighted by atomic mass is 32.2. The second-order valence-electron chi connectivity index (χ2n) is 21.9. The Morgan fingerprint density at radius 2 is 1.41 bits per heavy atom. The molecule has 3 aromatic carbocycles. The molecule has 4 heterocycles. The predicted octanol–water partition coefficient (Wildman–Crippen LogP) is -0.0564. The highest BCUT2D eigenvalue weighted by Gasteiger charge is 2.40. The Hall–Kier alpha value is -9.03. The minimum Gasteiger partial charge on any atom is -0.508 e. The van der Waals surface area contributed by atoms with Gasteiger partial charge in [0.25, 0.3) is 0 Å². The number of phenols is 1. The van der Waals surface area contributed by atoms with Crippen molar-refractivity contribution >= 4 is 99.5 Å². The molecule has 30 heteroatoms. The summed E-state index contributed by atoms with van der Waals surface area (Å²) in [6.07, 6.45) is 3.87. The number of nitrogens with two attached hydrogens (primary N) is 2. The Bertz CT molecular complexity index is 3370. The fourth-order valence-electron chi connectivity index (χ4n) is 10.2. The summed E-state index contributed by atoms with van der Waals surface area (Å²) in [6.45, 7) is 1.03. The van der Waals surface area contributed by atoms with Crippen LogP contribution in [0.15, 0.2) is 85.5 Å². The zero-order valence-corrected chi connectivity index (χ0v) is 51.0. The van der Waals surface area contributed by atoms with Crippen LogP contribution in [0, 0.1) is 5.82 Å². The number of nitrogens with one attached hydrogen (secondary N) is 10. The number of halogens is 1. The summed E-state index contributed by atoms with van der Waals surface area (Å²) in [7, 11) is 0. The van der Waals surface area contributed by atoms with E-state index >= 15 is 0 Å². The Kier molecular flexibility index (Phi) is 25.5. The van der Waals surface area contributed by atoms with E-state index in [1.807, 2.05) is 24.3 Å². The van der Waals surface area contributed by atoms with Gasteiger partial charge in [0.1, 0.15) is 59.9 Å². The molecule has 16 N–H and O–H groups in total. The van der Waals surface area contributed by atoms with Crippen molar-refractivity contribution in [1.29, 1.82) is 0 Å². The summed E-state index contributed by atoms with van der Waals surface area (Å²) in [5.74, 6) is -9.34. The number of nitrogens with zero attached hydrogens (tertiary/aromatic N) is 2. The number of hydrogen-bond acceptors (Lipinski definition) is 16. The monoisotopic (exact) mass is 1280 g/mol. The number of carboxylic acid groups (broad SMARTS) is 1. The molecule has 7 rings (SSSR count). The molecular weight excluding hydrogens is 1210 g/mol. The van der Waals surface area contributed by atoms with Gasteiger partial charge < -0.3 is 79.1 Å². The van der Waals surface area contributed by atoms with E-state index in [1.54, 1.807) is 0 Å². The third-order valence-electron chi connectivity index (χ3n) is 15.0. The van der Waals surface area contributed by atoms with Gasteiger partial charge in [0, 0.05) is 84.2 Å².